The zero-order chi connectivity index (χ0) is 10.8. The van der Waals surface area contributed by atoms with Gasteiger partial charge in [0.05, 0.1) is 12.2 Å². The van der Waals surface area contributed by atoms with Crippen LogP contribution in [0.3, 0.4) is 0 Å². The van der Waals surface area contributed by atoms with Crippen LogP contribution in [0.2, 0.25) is 0 Å². The van der Waals surface area contributed by atoms with Crippen molar-refractivity contribution in [2.24, 2.45) is 5.92 Å². The second kappa shape index (κ2) is 4.66. The number of nitrogens with one attached hydrogen (secondary N) is 1. The van der Waals surface area contributed by atoms with E-state index in [1.807, 2.05) is 0 Å². The normalized spacial score (nSPS) is 29.2. The van der Waals surface area contributed by atoms with Gasteiger partial charge in [-0.05, 0) is 44.4 Å². The van der Waals surface area contributed by atoms with Crippen molar-refractivity contribution in [3.05, 3.63) is 0 Å². The predicted octanol–water partition coefficient (Wildman–Crippen LogP) is 2.87. The SMILES string of the molecule is C1CCC(CNC2CC2)(OCC2CC2)CC1. The molecule has 0 amide bonds. The van der Waals surface area contributed by atoms with Crippen LogP contribution < -0.4 is 5.32 Å². The molecule has 3 fully saturated rings. The van der Waals surface area contributed by atoms with Crippen molar-refractivity contribution < 1.29 is 4.74 Å². The van der Waals surface area contributed by atoms with Crippen LogP contribution in [0.4, 0.5) is 0 Å². The smallest absolute Gasteiger partial charge is 0.0806 e. The fraction of sp³-hybridized carbons (Fsp3) is 1.00. The molecule has 0 spiro atoms. The van der Waals surface area contributed by atoms with Crippen molar-refractivity contribution in [1.29, 1.82) is 0 Å². The molecule has 0 aromatic rings. The number of hydrogen-bond donors (Lipinski definition) is 1. The Kier molecular flexibility index (Phi) is 3.21. The highest BCUT2D eigenvalue weighted by Gasteiger charge is 2.36. The number of rotatable bonds is 6. The molecule has 3 saturated carbocycles. The van der Waals surface area contributed by atoms with Crippen LogP contribution in [-0.4, -0.2) is 24.8 Å². The van der Waals surface area contributed by atoms with Gasteiger partial charge in [-0.1, -0.05) is 19.3 Å². The summed E-state index contributed by atoms with van der Waals surface area (Å²) >= 11 is 0. The van der Waals surface area contributed by atoms with Gasteiger partial charge in [0.1, 0.15) is 0 Å². The zero-order valence-corrected chi connectivity index (χ0v) is 10.3. The minimum Gasteiger partial charge on any atom is -0.373 e. The van der Waals surface area contributed by atoms with E-state index in [0.29, 0.717) is 0 Å². The van der Waals surface area contributed by atoms with Crippen LogP contribution in [0.1, 0.15) is 57.8 Å². The summed E-state index contributed by atoms with van der Waals surface area (Å²) < 4.78 is 6.31. The third-order valence-corrected chi connectivity index (χ3v) is 4.38. The van der Waals surface area contributed by atoms with Gasteiger partial charge in [-0.2, -0.15) is 0 Å². The summed E-state index contributed by atoms with van der Waals surface area (Å²) in [6, 6.07) is 0.823. The second-order valence-corrected chi connectivity index (χ2v) is 6.15. The first-order valence-electron chi connectivity index (χ1n) is 7.24. The highest BCUT2D eigenvalue weighted by Crippen LogP contribution is 2.36. The predicted molar refractivity (Wildman–Crippen MR) is 65.5 cm³/mol. The summed E-state index contributed by atoms with van der Waals surface area (Å²) in [5.74, 6) is 0.903. The fourth-order valence-corrected chi connectivity index (χ4v) is 2.77. The van der Waals surface area contributed by atoms with Gasteiger partial charge in [-0.15, -0.1) is 0 Å². The maximum atomic E-state index is 6.31. The van der Waals surface area contributed by atoms with Crippen LogP contribution in [0.15, 0.2) is 0 Å². The molecule has 2 heteroatoms. The molecule has 0 atom stereocenters. The average molecular weight is 223 g/mol. The van der Waals surface area contributed by atoms with Crippen molar-refractivity contribution in [1.82, 2.24) is 5.32 Å². The van der Waals surface area contributed by atoms with Crippen molar-refractivity contribution in [3.63, 3.8) is 0 Å². The van der Waals surface area contributed by atoms with E-state index in [0.717, 1.165) is 25.1 Å². The van der Waals surface area contributed by atoms with E-state index in [9.17, 15) is 0 Å². The molecule has 16 heavy (non-hydrogen) atoms. The highest BCUT2D eigenvalue weighted by molar-refractivity contribution is 4.91. The van der Waals surface area contributed by atoms with Gasteiger partial charge in [0.25, 0.3) is 0 Å². The molecule has 3 aliphatic rings. The van der Waals surface area contributed by atoms with Crippen LogP contribution in [0, 0.1) is 5.92 Å². The number of ether oxygens (including phenoxy) is 1. The van der Waals surface area contributed by atoms with Crippen LogP contribution in [0.5, 0.6) is 0 Å². The molecule has 0 aromatic carbocycles. The summed E-state index contributed by atoms with van der Waals surface area (Å²) in [5, 5.41) is 3.69. The maximum Gasteiger partial charge on any atom is 0.0806 e. The average Bonchev–Trinajstić information content (AvgIpc) is 3.18. The minimum atomic E-state index is 0.212. The molecule has 2 nitrogen and oxygen atoms in total. The lowest BCUT2D eigenvalue weighted by molar-refractivity contribution is -0.0729. The summed E-state index contributed by atoms with van der Waals surface area (Å²) in [6.45, 7) is 2.15. The lowest BCUT2D eigenvalue weighted by atomic mass is 9.84. The molecule has 0 aromatic heterocycles. The molecule has 0 bridgehead atoms. The molecule has 0 radical (unpaired) electrons. The lowest BCUT2D eigenvalue weighted by Crippen LogP contribution is -2.45. The largest absolute Gasteiger partial charge is 0.373 e. The van der Waals surface area contributed by atoms with Crippen LogP contribution >= 0.6 is 0 Å². The molecular weight excluding hydrogens is 198 g/mol. The fourth-order valence-electron chi connectivity index (χ4n) is 2.77. The molecule has 3 rings (SSSR count). The second-order valence-electron chi connectivity index (χ2n) is 6.15. The summed E-state index contributed by atoms with van der Waals surface area (Å²) in [4.78, 5) is 0. The topological polar surface area (TPSA) is 21.3 Å². The Hall–Kier alpha value is -0.0800. The monoisotopic (exact) mass is 223 g/mol. The Morgan fingerprint density at radius 1 is 1.00 bits per heavy atom. The van der Waals surface area contributed by atoms with E-state index in [1.165, 1.54) is 57.8 Å². The molecular formula is C14H25NO. The molecule has 0 saturated heterocycles. The maximum absolute atomic E-state index is 6.31. The van der Waals surface area contributed by atoms with Gasteiger partial charge in [-0.3, -0.25) is 0 Å². The molecule has 0 heterocycles. The van der Waals surface area contributed by atoms with E-state index >= 15 is 0 Å². The van der Waals surface area contributed by atoms with Crippen LogP contribution in [0.25, 0.3) is 0 Å². The summed E-state index contributed by atoms with van der Waals surface area (Å²) in [7, 11) is 0. The van der Waals surface area contributed by atoms with Gasteiger partial charge in [0.2, 0.25) is 0 Å². The van der Waals surface area contributed by atoms with Crippen molar-refractivity contribution >= 4 is 0 Å². The van der Waals surface area contributed by atoms with Gasteiger partial charge in [0.15, 0.2) is 0 Å². The molecule has 3 aliphatic carbocycles. The van der Waals surface area contributed by atoms with Gasteiger partial charge in [0, 0.05) is 12.6 Å². The Labute approximate surface area is 99.1 Å². The van der Waals surface area contributed by atoms with E-state index < -0.39 is 0 Å². The first-order chi connectivity index (χ1) is 7.86. The van der Waals surface area contributed by atoms with Crippen molar-refractivity contribution in [2.45, 2.75) is 69.4 Å². The first kappa shape index (κ1) is 11.0. The van der Waals surface area contributed by atoms with E-state index in [1.54, 1.807) is 0 Å². The van der Waals surface area contributed by atoms with Crippen LogP contribution in [-0.2, 0) is 4.74 Å². The Morgan fingerprint density at radius 3 is 2.38 bits per heavy atom. The molecule has 0 unspecified atom stereocenters. The molecule has 1 N–H and O–H groups in total. The Balaban J connectivity index is 1.50. The van der Waals surface area contributed by atoms with Crippen molar-refractivity contribution in [2.75, 3.05) is 13.2 Å². The third kappa shape index (κ3) is 2.98. The summed E-state index contributed by atoms with van der Waals surface area (Å²) in [5.41, 5.74) is 0.212. The van der Waals surface area contributed by atoms with E-state index in [-0.39, 0.29) is 5.60 Å². The highest BCUT2D eigenvalue weighted by atomic mass is 16.5. The first-order valence-corrected chi connectivity index (χ1v) is 7.24. The number of hydrogen-bond acceptors (Lipinski definition) is 2. The molecule has 0 aliphatic heterocycles. The summed E-state index contributed by atoms with van der Waals surface area (Å²) in [6.07, 6.45) is 12.3. The van der Waals surface area contributed by atoms with Crippen molar-refractivity contribution in [3.8, 4) is 0 Å². The van der Waals surface area contributed by atoms with E-state index in [2.05, 4.69) is 5.32 Å². The van der Waals surface area contributed by atoms with Gasteiger partial charge >= 0.3 is 0 Å². The van der Waals surface area contributed by atoms with Gasteiger partial charge < -0.3 is 10.1 Å². The minimum absolute atomic E-state index is 0.212. The Morgan fingerprint density at radius 2 is 1.75 bits per heavy atom. The molecule has 92 valence electrons. The van der Waals surface area contributed by atoms with Gasteiger partial charge in [-0.25, -0.2) is 0 Å². The Bertz CT molecular complexity index is 209. The standard InChI is InChI=1S/C14H25NO/c1-2-8-14(9-3-1,11-15-13-6-7-13)16-10-12-4-5-12/h12-13,15H,1-11H2. The van der Waals surface area contributed by atoms with E-state index in [4.69, 9.17) is 4.74 Å². The lowest BCUT2D eigenvalue weighted by Gasteiger charge is -2.37. The zero-order valence-electron chi connectivity index (χ0n) is 10.3. The quantitative estimate of drug-likeness (QED) is 0.747. The third-order valence-electron chi connectivity index (χ3n) is 4.38.